The second-order valence-electron chi connectivity index (χ2n) is 2.64. The summed E-state index contributed by atoms with van der Waals surface area (Å²) >= 11 is 0. The van der Waals surface area contributed by atoms with Gasteiger partial charge in [-0.3, -0.25) is 0 Å². The van der Waals surface area contributed by atoms with Crippen molar-refractivity contribution in [1.29, 1.82) is 0 Å². The summed E-state index contributed by atoms with van der Waals surface area (Å²) in [4.78, 5) is 7.14. The highest BCUT2D eigenvalue weighted by atomic mass is 14.9. The monoisotopic (exact) mass is 171 g/mol. The Labute approximate surface area is 76.0 Å². The zero-order chi connectivity index (χ0) is 9.10. The van der Waals surface area contributed by atoms with Gasteiger partial charge in [-0.1, -0.05) is 11.8 Å². The van der Waals surface area contributed by atoms with Crippen LogP contribution in [0.4, 0.5) is 0 Å². The second-order valence-corrected chi connectivity index (χ2v) is 2.64. The maximum atomic E-state index is 5.28. The first-order chi connectivity index (χ1) is 6.40. The largest absolute Gasteiger partial charge is 0.345 e. The van der Waals surface area contributed by atoms with Crippen LogP contribution in [0.15, 0.2) is 24.5 Å². The van der Waals surface area contributed by atoms with Crippen LogP contribution in [0, 0.1) is 11.8 Å². The van der Waals surface area contributed by atoms with Crippen molar-refractivity contribution in [2.75, 3.05) is 6.54 Å². The van der Waals surface area contributed by atoms with Crippen LogP contribution in [-0.4, -0.2) is 16.5 Å². The van der Waals surface area contributed by atoms with E-state index in [4.69, 9.17) is 5.73 Å². The molecule has 0 bridgehead atoms. The molecule has 0 unspecified atom stereocenters. The van der Waals surface area contributed by atoms with Gasteiger partial charge in [0, 0.05) is 5.56 Å². The first kappa shape index (κ1) is 7.84. The lowest BCUT2D eigenvalue weighted by Gasteiger charge is -1.89. The van der Waals surface area contributed by atoms with Gasteiger partial charge in [0.1, 0.15) is 0 Å². The summed E-state index contributed by atoms with van der Waals surface area (Å²) < 4.78 is 0. The lowest BCUT2D eigenvalue weighted by molar-refractivity contribution is 1.30. The summed E-state index contributed by atoms with van der Waals surface area (Å²) in [6.07, 6.45) is 1.67. The number of hydrogen-bond acceptors (Lipinski definition) is 2. The van der Waals surface area contributed by atoms with Crippen molar-refractivity contribution in [3.63, 3.8) is 0 Å². The Morgan fingerprint density at radius 3 is 3.23 bits per heavy atom. The molecule has 0 radical (unpaired) electrons. The Hall–Kier alpha value is -1.79. The van der Waals surface area contributed by atoms with Crippen molar-refractivity contribution >= 4 is 11.0 Å². The Kier molecular flexibility index (Phi) is 1.99. The lowest BCUT2D eigenvalue weighted by atomic mass is 10.2. The number of H-pyrrole nitrogens is 1. The summed E-state index contributed by atoms with van der Waals surface area (Å²) in [5, 5.41) is 0. The molecule has 0 saturated carbocycles. The molecule has 0 aliphatic rings. The third-order valence-electron chi connectivity index (χ3n) is 1.76. The van der Waals surface area contributed by atoms with E-state index in [2.05, 4.69) is 21.8 Å². The van der Waals surface area contributed by atoms with Crippen molar-refractivity contribution < 1.29 is 0 Å². The Morgan fingerprint density at radius 1 is 1.46 bits per heavy atom. The fourth-order valence-electron chi connectivity index (χ4n) is 1.17. The number of nitrogens with two attached hydrogens (primary N) is 1. The molecule has 1 heterocycles. The number of aromatic amines is 1. The minimum Gasteiger partial charge on any atom is -0.345 e. The molecular weight excluding hydrogens is 162 g/mol. The van der Waals surface area contributed by atoms with Gasteiger partial charge in [0.25, 0.3) is 0 Å². The van der Waals surface area contributed by atoms with Gasteiger partial charge in [0.2, 0.25) is 0 Å². The van der Waals surface area contributed by atoms with Gasteiger partial charge in [0.15, 0.2) is 0 Å². The average molecular weight is 171 g/mol. The standard InChI is InChI=1S/C10H9N3/c11-5-1-2-8-3-4-9-10(6-8)13-7-12-9/h3-4,6-7H,5,11H2,(H,12,13). The summed E-state index contributed by atoms with van der Waals surface area (Å²) in [6, 6.07) is 5.84. The van der Waals surface area contributed by atoms with Gasteiger partial charge in [-0.15, -0.1) is 0 Å². The predicted molar refractivity (Wildman–Crippen MR) is 52.0 cm³/mol. The number of benzene rings is 1. The quantitative estimate of drug-likeness (QED) is 0.578. The summed E-state index contributed by atoms with van der Waals surface area (Å²) in [6.45, 7) is 0.390. The SMILES string of the molecule is NCC#Cc1ccc2nc[nH]c2c1. The maximum absolute atomic E-state index is 5.28. The number of fused-ring (bicyclic) bond motifs is 1. The van der Waals surface area contributed by atoms with E-state index < -0.39 is 0 Å². The molecule has 0 saturated heterocycles. The highest BCUT2D eigenvalue weighted by molar-refractivity contribution is 5.76. The normalized spacial score (nSPS) is 9.62. The van der Waals surface area contributed by atoms with Crippen molar-refractivity contribution in [2.45, 2.75) is 0 Å². The van der Waals surface area contributed by atoms with Crippen LogP contribution in [0.5, 0.6) is 0 Å². The van der Waals surface area contributed by atoms with E-state index in [-0.39, 0.29) is 0 Å². The Bertz CT molecular complexity index is 473. The lowest BCUT2D eigenvalue weighted by Crippen LogP contribution is -1.92. The highest BCUT2D eigenvalue weighted by Crippen LogP contribution is 2.10. The zero-order valence-electron chi connectivity index (χ0n) is 7.04. The predicted octanol–water partition coefficient (Wildman–Crippen LogP) is 0.873. The number of imidazole rings is 1. The molecule has 3 N–H and O–H groups in total. The van der Waals surface area contributed by atoms with E-state index in [1.54, 1.807) is 6.33 Å². The molecule has 0 spiro atoms. The van der Waals surface area contributed by atoms with E-state index in [0.29, 0.717) is 6.54 Å². The van der Waals surface area contributed by atoms with E-state index in [1.165, 1.54) is 0 Å². The highest BCUT2D eigenvalue weighted by Gasteiger charge is 1.94. The minimum absolute atomic E-state index is 0.390. The molecule has 3 heteroatoms. The molecule has 13 heavy (non-hydrogen) atoms. The Morgan fingerprint density at radius 2 is 2.38 bits per heavy atom. The van der Waals surface area contributed by atoms with Gasteiger partial charge in [-0.2, -0.15) is 0 Å². The van der Waals surface area contributed by atoms with Crippen molar-refractivity contribution in [3.8, 4) is 11.8 Å². The summed E-state index contributed by atoms with van der Waals surface area (Å²) in [5.74, 6) is 5.77. The number of rotatable bonds is 0. The van der Waals surface area contributed by atoms with Gasteiger partial charge >= 0.3 is 0 Å². The molecule has 0 aliphatic heterocycles. The fourth-order valence-corrected chi connectivity index (χ4v) is 1.17. The van der Waals surface area contributed by atoms with Crippen LogP contribution in [0.3, 0.4) is 0 Å². The van der Waals surface area contributed by atoms with Gasteiger partial charge < -0.3 is 10.7 Å². The van der Waals surface area contributed by atoms with Crippen molar-refractivity contribution in [3.05, 3.63) is 30.1 Å². The third kappa shape index (κ3) is 1.53. The van der Waals surface area contributed by atoms with Crippen LogP contribution in [0.1, 0.15) is 5.56 Å². The zero-order valence-corrected chi connectivity index (χ0v) is 7.04. The fraction of sp³-hybridized carbons (Fsp3) is 0.100. The molecule has 2 aromatic rings. The average Bonchev–Trinajstić information content (AvgIpc) is 2.61. The van der Waals surface area contributed by atoms with E-state index in [9.17, 15) is 0 Å². The van der Waals surface area contributed by atoms with Crippen molar-refractivity contribution in [2.24, 2.45) is 5.73 Å². The van der Waals surface area contributed by atoms with Crippen LogP contribution in [0.2, 0.25) is 0 Å². The molecule has 3 nitrogen and oxygen atoms in total. The summed E-state index contributed by atoms with van der Waals surface area (Å²) in [5.41, 5.74) is 8.20. The van der Waals surface area contributed by atoms with Crippen LogP contribution < -0.4 is 5.73 Å². The molecule has 0 amide bonds. The number of nitrogens with zero attached hydrogens (tertiary/aromatic N) is 1. The van der Waals surface area contributed by atoms with Gasteiger partial charge in [-0.05, 0) is 18.2 Å². The van der Waals surface area contributed by atoms with Crippen LogP contribution in [0.25, 0.3) is 11.0 Å². The molecule has 1 aromatic heterocycles. The van der Waals surface area contributed by atoms with E-state index in [0.717, 1.165) is 16.6 Å². The molecular formula is C10H9N3. The molecule has 64 valence electrons. The molecule has 0 atom stereocenters. The Balaban J connectivity index is 2.48. The second kappa shape index (κ2) is 3.30. The molecule has 0 fully saturated rings. The van der Waals surface area contributed by atoms with Crippen LogP contribution in [-0.2, 0) is 0 Å². The maximum Gasteiger partial charge on any atom is 0.0931 e. The third-order valence-corrected chi connectivity index (χ3v) is 1.76. The topological polar surface area (TPSA) is 54.7 Å². The van der Waals surface area contributed by atoms with Gasteiger partial charge in [0.05, 0.1) is 23.9 Å². The summed E-state index contributed by atoms with van der Waals surface area (Å²) in [7, 11) is 0. The van der Waals surface area contributed by atoms with Crippen LogP contribution >= 0.6 is 0 Å². The number of nitrogens with one attached hydrogen (secondary N) is 1. The number of hydrogen-bond donors (Lipinski definition) is 2. The molecule has 0 aliphatic carbocycles. The first-order valence-electron chi connectivity index (χ1n) is 4.02. The smallest absolute Gasteiger partial charge is 0.0931 e. The van der Waals surface area contributed by atoms with Crippen molar-refractivity contribution in [1.82, 2.24) is 9.97 Å². The molecule has 2 rings (SSSR count). The first-order valence-corrected chi connectivity index (χ1v) is 4.02. The number of aromatic nitrogens is 2. The van der Waals surface area contributed by atoms with E-state index in [1.807, 2.05) is 18.2 Å². The molecule has 1 aromatic carbocycles. The van der Waals surface area contributed by atoms with E-state index >= 15 is 0 Å². The van der Waals surface area contributed by atoms with Gasteiger partial charge in [-0.25, -0.2) is 4.98 Å². The minimum atomic E-state index is 0.390.